The van der Waals surface area contributed by atoms with E-state index in [4.69, 9.17) is 11.6 Å². The molecule has 3 rings (SSSR count). The summed E-state index contributed by atoms with van der Waals surface area (Å²) in [5, 5.41) is 15.4. The number of nitrogens with one attached hydrogen (secondary N) is 1. The van der Waals surface area contributed by atoms with E-state index in [1.807, 2.05) is 60.7 Å². The largest absolute Gasteiger partial charge is 0.380 e. The third kappa shape index (κ3) is 2.84. The van der Waals surface area contributed by atoms with E-state index in [2.05, 4.69) is 11.4 Å². The zero-order valence-electron chi connectivity index (χ0n) is 11.3. The molecular weight excluding hydrogens is 280 g/mol. The van der Waals surface area contributed by atoms with Crippen LogP contribution in [0.4, 0.5) is 5.69 Å². The van der Waals surface area contributed by atoms with Gasteiger partial charge in [-0.25, -0.2) is 0 Å². The summed E-state index contributed by atoms with van der Waals surface area (Å²) in [5.74, 6) is 0. The summed E-state index contributed by atoms with van der Waals surface area (Å²) in [5.41, 5.74) is 2.88. The minimum atomic E-state index is 0.697. The molecule has 0 aliphatic rings. The molecule has 0 heterocycles. The van der Waals surface area contributed by atoms with Crippen molar-refractivity contribution in [2.45, 2.75) is 6.54 Å². The molecular formula is C18H13ClN2. The number of anilines is 1. The molecule has 0 saturated carbocycles. The zero-order chi connectivity index (χ0) is 14.7. The molecule has 0 radical (unpaired) electrons. The van der Waals surface area contributed by atoms with Crippen LogP contribution in [-0.4, -0.2) is 0 Å². The van der Waals surface area contributed by atoms with Crippen LogP contribution in [0.2, 0.25) is 5.02 Å². The van der Waals surface area contributed by atoms with Crippen molar-refractivity contribution >= 4 is 28.1 Å². The van der Waals surface area contributed by atoms with Gasteiger partial charge >= 0.3 is 0 Å². The van der Waals surface area contributed by atoms with Gasteiger partial charge in [-0.15, -0.1) is 0 Å². The van der Waals surface area contributed by atoms with Gasteiger partial charge in [-0.3, -0.25) is 0 Å². The number of hydrogen-bond acceptors (Lipinski definition) is 2. The van der Waals surface area contributed by atoms with Gasteiger partial charge < -0.3 is 5.32 Å². The van der Waals surface area contributed by atoms with Gasteiger partial charge in [-0.1, -0.05) is 48.0 Å². The molecule has 1 N–H and O–H groups in total. The van der Waals surface area contributed by atoms with Crippen molar-refractivity contribution in [1.29, 1.82) is 5.26 Å². The number of nitriles is 1. The Morgan fingerprint density at radius 2 is 1.62 bits per heavy atom. The van der Waals surface area contributed by atoms with Crippen LogP contribution in [0.3, 0.4) is 0 Å². The second-order valence-corrected chi connectivity index (χ2v) is 5.23. The molecule has 2 nitrogen and oxygen atoms in total. The van der Waals surface area contributed by atoms with Crippen molar-refractivity contribution < 1.29 is 0 Å². The predicted octanol–water partition coefficient (Wildman–Crippen LogP) is 4.98. The molecule has 0 spiro atoms. The maximum atomic E-state index is 9.18. The number of fused-ring (bicyclic) bond motifs is 1. The molecule has 102 valence electrons. The van der Waals surface area contributed by atoms with Crippen LogP contribution in [0.25, 0.3) is 10.8 Å². The maximum absolute atomic E-state index is 9.18. The summed E-state index contributed by atoms with van der Waals surface area (Å²) in [6.07, 6.45) is 0. The first-order chi connectivity index (χ1) is 10.3. The van der Waals surface area contributed by atoms with E-state index in [0.717, 1.165) is 27.0 Å². The molecule has 3 heteroatoms. The lowest BCUT2D eigenvalue weighted by Gasteiger charge is -2.11. The van der Waals surface area contributed by atoms with Gasteiger partial charge in [0.05, 0.1) is 11.6 Å². The molecule has 0 saturated heterocycles. The van der Waals surface area contributed by atoms with E-state index in [0.29, 0.717) is 12.1 Å². The lowest BCUT2D eigenvalue weighted by atomic mass is 10.0. The summed E-state index contributed by atoms with van der Waals surface area (Å²) < 4.78 is 0. The van der Waals surface area contributed by atoms with Gasteiger partial charge in [0.25, 0.3) is 0 Å². The van der Waals surface area contributed by atoms with Gasteiger partial charge in [0.2, 0.25) is 0 Å². The SMILES string of the molecule is N#Cc1ccc(NCc2ccc(Cl)cc2)c2ccccc12. The fraction of sp³-hybridized carbons (Fsp3) is 0.0556. The standard InChI is InChI=1S/C18H13ClN2/c19-15-8-5-13(6-9-15)12-21-18-10-7-14(11-20)16-3-1-2-4-17(16)18/h1-10,21H,12H2. The third-order valence-corrected chi connectivity index (χ3v) is 3.69. The van der Waals surface area contributed by atoms with E-state index in [1.165, 1.54) is 0 Å². The Morgan fingerprint density at radius 1 is 0.905 bits per heavy atom. The van der Waals surface area contributed by atoms with Crippen LogP contribution >= 0.6 is 11.6 Å². The van der Waals surface area contributed by atoms with Crippen molar-refractivity contribution in [3.63, 3.8) is 0 Å². The first kappa shape index (κ1) is 13.5. The van der Waals surface area contributed by atoms with Crippen LogP contribution in [0, 0.1) is 11.3 Å². The van der Waals surface area contributed by atoms with E-state index >= 15 is 0 Å². The lowest BCUT2D eigenvalue weighted by molar-refractivity contribution is 1.15. The smallest absolute Gasteiger partial charge is 0.0998 e. The van der Waals surface area contributed by atoms with Gasteiger partial charge in [0.1, 0.15) is 0 Å². The van der Waals surface area contributed by atoms with E-state index in [9.17, 15) is 5.26 Å². The van der Waals surface area contributed by atoms with Crippen molar-refractivity contribution in [2.24, 2.45) is 0 Å². The van der Waals surface area contributed by atoms with E-state index in [1.54, 1.807) is 0 Å². The normalized spacial score (nSPS) is 10.3. The molecule has 3 aromatic carbocycles. The highest BCUT2D eigenvalue weighted by Gasteiger charge is 2.05. The number of nitrogens with zero attached hydrogens (tertiary/aromatic N) is 1. The van der Waals surface area contributed by atoms with Crippen molar-refractivity contribution in [2.75, 3.05) is 5.32 Å². The van der Waals surface area contributed by atoms with Gasteiger partial charge in [-0.2, -0.15) is 5.26 Å². The molecule has 0 amide bonds. The van der Waals surface area contributed by atoms with E-state index in [-0.39, 0.29) is 0 Å². The Bertz CT molecular complexity index is 817. The molecule has 0 aromatic heterocycles. The summed E-state index contributed by atoms with van der Waals surface area (Å²) in [6.45, 7) is 0.715. The first-order valence-corrected chi connectivity index (χ1v) is 7.06. The quantitative estimate of drug-likeness (QED) is 0.739. The maximum Gasteiger partial charge on any atom is 0.0998 e. The fourth-order valence-electron chi connectivity index (χ4n) is 2.35. The molecule has 0 aliphatic heterocycles. The van der Waals surface area contributed by atoms with Crippen LogP contribution < -0.4 is 5.32 Å². The Hall–Kier alpha value is -2.50. The lowest BCUT2D eigenvalue weighted by Crippen LogP contribution is -2.00. The van der Waals surface area contributed by atoms with Gasteiger partial charge in [0.15, 0.2) is 0 Å². The summed E-state index contributed by atoms with van der Waals surface area (Å²) >= 11 is 5.89. The second kappa shape index (κ2) is 5.87. The summed E-state index contributed by atoms with van der Waals surface area (Å²) in [7, 11) is 0. The highest BCUT2D eigenvalue weighted by atomic mass is 35.5. The zero-order valence-corrected chi connectivity index (χ0v) is 12.1. The molecule has 0 unspecified atom stereocenters. The highest BCUT2D eigenvalue weighted by molar-refractivity contribution is 6.30. The number of halogens is 1. The van der Waals surface area contributed by atoms with Crippen LogP contribution in [0.1, 0.15) is 11.1 Å². The molecule has 0 fully saturated rings. The van der Waals surface area contributed by atoms with E-state index < -0.39 is 0 Å². The second-order valence-electron chi connectivity index (χ2n) is 4.80. The van der Waals surface area contributed by atoms with Gasteiger partial charge in [0, 0.05) is 28.0 Å². The van der Waals surface area contributed by atoms with Crippen LogP contribution in [0.5, 0.6) is 0 Å². The summed E-state index contributed by atoms with van der Waals surface area (Å²) in [6, 6.07) is 21.8. The van der Waals surface area contributed by atoms with Crippen molar-refractivity contribution in [1.82, 2.24) is 0 Å². The topological polar surface area (TPSA) is 35.8 Å². The minimum absolute atomic E-state index is 0.697. The average molecular weight is 293 g/mol. The highest BCUT2D eigenvalue weighted by Crippen LogP contribution is 2.26. The summed E-state index contributed by atoms with van der Waals surface area (Å²) in [4.78, 5) is 0. The monoisotopic (exact) mass is 292 g/mol. The van der Waals surface area contributed by atoms with Crippen LogP contribution in [0.15, 0.2) is 60.7 Å². The first-order valence-electron chi connectivity index (χ1n) is 6.68. The third-order valence-electron chi connectivity index (χ3n) is 3.44. The van der Waals surface area contributed by atoms with Gasteiger partial charge in [-0.05, 0) is 29.8 Å². The van der Waals surface area contributed by atoms with Crippen molar-refractivity contribution in [3.8, 4) is 6.07 Å². The Balaban J connectivity index is 1.91. The molecule has 0 aliphatic carbocycles. The predicted molar refractivity (Wildman–Crippen MR) is 87.4 cm³/mol. The Labute approximate surface area is 128 Å². The number of hydrogen-bond donors (Lipinski definition) is 1. The Kier molecular flexibility index (Phi) is 3.77. The molecule has 0 atom stereocenters. The average Bonchev–Trinajstić information content (AvgIpc) is 2.54. The molecule has 0 bridgehead atoms. The minimum Gasteiger partial charge on any atom is -0.380 e. The van der Waals surface area contributed by atoms with Crippen molar-refractivity contribution in [3.05, 3.63) is 76.8 Å². The Morgan fingerprint density at radius 3 is 2.33 bits per heavy atom. The number of benzene rings is 3. The molecule has 3 aromatic rings. The number of rotatable bonds is 3. The van der Waals surface area contributed by atoms with Crippen LogP contribution in [-0.2, 0) is 6.54 Å². The molecule has 21 heavy (non-hydrogen) atoms. The fourth-order valence-corrected chi connectivity index (χ4v) is 2.48.